The number of benzene rings is 4. The summed E-state index contributed by atoms with van der Waals surface area (Å²) in [7, 11) is 0. The monoisotopic (exact) mass is 955 g/mol. The first-order valence-corrected chi connectivity index (χ1v) is 13.7. The Balaban J connectivity index is 0.000000945. The van der Waals surface area contributed by atoms with E-state index in [9.17, 15) is 0 Å². The molecule has 215 valence electrons. The van der Waals surface area contributed by atoms with Crippen molar-refractivity contribution < 1.29 is 182 Å². The van der Waals surface area contributed by atoms with Crippen molar-refractivity contribution in [1.29, 1.82) is 0 Å². The summed E-state index contributed by atoms with van der Waals surface area (Å²) in [4.78, 5) is 0. The molecule has 4 atom stereocenters. The number of fused-ring (bicyclic) bond motifs is 3. The zero-order valence-electron chi connectivity index (χ0n) is 25.4. The Bertz CT molecular complexity index is 1350. The van der Waals surface area contributed by atoms with Crippen molar-refractivity contribution in [3.05, 3.63) is 102 Å². The maximum absolute atomic E-state index is 6.08. The molecule has 0 spiro atoms. The van der Waals surface area contributed by atoms with Gasteiger partial charge >= 0.3 is 0 Å². The van der Waals surface area contributed by atoms with Crippen LogP contribution in [-0.2, 0) is 189 Å². The fraction of sp³-hybridized carbons (Fsp3) is 0.382. The minimum absolute atomic E-state index is 0. The Hall–Kier alpha value is 2.76. The molecule has 4 aromatic rings. The van der Waals surface area contributed by atoms with Crippen LogP contribution in [0.4, 0.5) is 0 Å². The van der Waals surface area contributed by atoms with Gasteiger partial charge in [-0.2, -0.15) is 30.7 Å². The molecule has 0 aromatic heterocycles. The minimum atomic E-state index is 0. The molecule has 0 saturated carbocycles. The number of hydrogen-bond acceptors (Lipinski definition) is 4. The molecule has 2 heterocycles. The van der Waals surface area contributed by atoms with Gasteiger partial charge in [-0.05, 0) is 43.0 Å². The van der Waals surface area contributed by atoms with Gasteiger partial charge in [0.2, 0.25) is 0 Å². The third kappa shape index (κ3) is 13.5. The van der Waals surface area contributed by atoms with Crippen molar-refractivity contribution in [2.75, 3.05) is 26.4 Å². The van der Waals surface area contributed by atoms with Crippen LogP contribution in [-0.4, -0.2) is 50.8 Å². The van der Waals surface area contributed by atoms with E-state index in [4.69, 9.17) is 18.9 Å². The molecule has 2 fully saturated rings. The molecule has 0 aliphatic carbocycles. The van der Waals surface area contributed by atoms with Crippen LogP contribution in [0.3, 0.4) is 0 Å². The van der Waals surface area contributed by atoms with E-state index >= 15 is 0 Å². The molecule has 2 aliphatic heterocycles. The van der Waals surface area contributed by atoms with Gasteiger partial charge in [-0.3, -0.25) is 0 Å². The maximum Gasteiger partial charge on any atom is 0.115 e. The molecule has 4 aromatic carbocycles. The predicted molar refractivity (Wildman–Crippen MR) is 153 cm³/mol. The van der Waals surface area contributed by atoms with Crippen LogP contribution in [0.5, 0.6) is 0 Å². The van der Waals surface area contributed by atoms with Crippen LogP contribution in [0.15, 0.2) is 72.8 Å². The van der Waals surface area contributed by atoms with Crippen LogP contribution in [0, 0.1) is 26.8 Å². The zero-order chi connectivity index (χ0) is 26.3. The van der Waals surface area contributed by atoms with Crippen LogP contribution in [0.25, 0.3) is 21.5 Å². The molecular formula is C34H38O4Y5-2. The molecule has 6 rings (SSSR count). The van der Waals surface area contributed by atoms with E-state index in [1.165, 1.54) is 38.2 Å². The van der Waals surface area contributed by atoms with Crippen molar-refractivity contribution in [2.45, 2.75) is 57.5 Å². The van der Waals surface area contributed by atoms with E-state index in [2.05, 4.69) is 87.5 Å². The molecule has 0 amide bonds. The van der Waals surface area contributed by atoms with Crippen molar-refractivity contribution >= 4 is 21.5 Å². The quantitative estimate of drug-likeness (QED) is 0.144. The van der Waals surface area contributed by atoms with Crippen LogP contribution >= 0.6 is 0 Å². The summed E-state index contributed by atoms with van der Waals surface area (Å²) in [5, 5.41) is 5.17. The summed E-state index contributed by atoms with van der Waals surface area (Å²) < 4.78 is 23.6. The van der Waals surface area contributed by atoms with Crippen molar-refractivity contribution in [2.24, 2.45) is 0 Å². The van der Waals surface area contributed by atoms with Gasteiger partial charge in [0.15, 0.2) is 0 Å². The first-order chi connectivity index (χ1) is 18.6. The smallest absolute Gasteiger partial charge is 0.115 e. The van der Waals surface area contributed by atoms with Gasteiger partial charge in [0.05, 0.1) is 13.2 Å². The zero-order valence-corrected chi connectivity index (χ0v) is 39.6. The third-order valence-electron chi connectivity index (χ3n) is 7.28. The molecule has 4 nitrogen and oxygen atoms in total. The molecule has 0 bridgehead atoms. The average Bonchev–Trinajstić information content (AvgIpc) is 3.53. The SMILES string of the molecule is Cc1ccc2c[c-]ccc2c1.[CH2-]CCO[C@@H]1CO[C@H]2[C@@H]1OC[C@H]2OCCCc1ccc2cc(C)ccc2c1.[Y].[Y].[Y].[Y].[Y]. The summed E-state index contributed by atoms with van der Waals surface area (Å²) >= 11 is 0. The standard InChI is InChI=1S/C23H29O4.C11H9.5Y/c1-3-10-24-20-14-26-23-21(15-27-22(20)23)25-11-4-5-17-7-9-18-12-16(2)6-8-19(18)13-17;1-9-6-7-10-4-2-3-5-11(10)8-9;;;;;/h6-9,12-13,20-23H,1,3-5,10-11,14-15H2,2H3;3-8H,1H3;;;;;/q2*-1;;;;;/t20-,21-,22-,23-;;;;;;/m1....../s1. The fourth-order valence-electron chi connectivity index (χ4n) is 5.28. The van der Waals surface area contributed by atoms with E-state index in [0.29, 0.717) is 19.8 Å². The summed E-state index contributed by atoms with van der Waals surface area (Å²) in [5.74, 6) is 0. The number of ether oxygens (including phenoxy) is 4. The second-order valence-corrected chi connectivity index (χ2v) is 10.3. The molecule has 9 heteroatoms. The summed E-state index contributed by atoms with van der Waals surface area (Å²) in [6.45, 7) is 10.6. The minimum Gasteiger partial charge on any atom is -0.376 e. The first kappa shape index (κ1) is 45.8. The summed E-state index contributed by atoms with van der Waals surface area (Å²) in [6.07, 6.45) is 2.82. The number of aryl methyl sites for hydroxylation is 3. The van der Waals surface area contributed by atoms with Crippen molar-refractivity contribution in [3.8, 4) is 0 Å². The van der Waals surface area contributed by atoms with Crippen molar-refractivity contribution in [3.63, 3.8) is 0 Å². The molecule has 5 radical (unpaired) electrons. The predicted octanol–water partition coefficient (Wildman–Crippen LogP) is 6.81. The number of rotatable bonds is 8. The Morgan fingerprint density at radius 2 is 1.23 bits per heavy atom. The van der Waals surface area contributed by atoms with Gasteiger partial charge in [0.1, 0.15) is 24.4 Å². The Morgan fingerprint density at radius 3 is 1.86 bits per heavy atom. The van der Waals surface area contributed by atoms with E-state index < -0.39 is 0 Å². The van der Waals surface area contributed by atoms with E-state index in [0.717, 1.165) is 25.9 Å². The van der Waals surface area contributed by atoms with Crippen LogP contribution in [0.1, 0.15) is 29.5 Å². The van der Waals surface area contributed by atoms with Crippen LogP contribution in [0.2, 0.25) is 0 Å². The fourth-order valence-corrected chi connectivity index (χ4v) is 5.28. The van der Waals surface area contributed by atoms with E-state index in [1.54, 1.807) is 0 Å². The second-order valence-electron chi connectivity index (χ2n) is 10.3. The average molecular weight is 955 g/mol. The molecular weight excluding hydrogens is 917 g/mol. The van der Waals surface area contributed by atoms with E-state index in [1.807, 2.05) is 12.1 Å². The summed E-state index contributed by atoms with van der Waals surface area (Å²) in [6, 6.07) is 28.8. The third-order valence-corrected chi connectivity index (χ3v) is 7.28. The van der Waals surface area contributed by atoms with Gasteiger partial charge in [0.25, 0.3) is 0 Å². The topological polar surface area (TPSA) is 36.9 Å². The van der Waals surface area contributed by atoms with E-state index in [-0.39, 0.29) is 188 Å². The van der Waals surface area contributed by atoms with Gasteiger partial charge in [-0.25, -0.2) is 0 Å². The molecule has 2 aliphatic rings. The maximum atomic E-state index is 6.08. The molecule has 2 saturated heterocycles. The molecule has 0 N–H and O–H groups in total. The Labute approximate surface area is 383 Å². The van der Waals surface area contributed by atoms with Gasteiger partial charge in [0, 0.05) is 177 Å². The van der Waals surface area contributed by atoms with Gasteiger partial charge < -0.3 is 25.9 Å². The largest absolute Gasteiger partial charge is 0.376 e. The first-order valence-electron chi connectivity index (χ1n) is 13.7. The number of hydrogen-bond donors (Lipinski definition) is 0. The van der Waals surface area contributed by atoms with Crippen LogP contribution < -0.4 is 0 Å². The normalized spacial score (nSPS) is 19.8. The van der Waals surface area contributed by atoms with Gasteiger partial charge in [-0.15, -0.1) is 16.8 Å². The molecule has 0 unspecified atom stereocenters. The molecule has 43 heavy (non-hydrogen) atoms. The Morgan fingerprint density at radius 1 is 0.698 bits per heavy atom. The Kier molecular flexibility index (Phi) is 25.5. The van der Waals surface area contributed by atoms with Gasteiger partial charge in [-0.1, -0.05) is 59.7 Å². The van der Waals surface area contributed by atoms with Crippen molar-refractivity contribution in [1.82, 2.24) is 0 Å². The summed E-state index contributed by atoms with van der Waals surface area (Å²) in [5.41, 5.74) is 3.96. The second kappa shape index (κ2) is 24.0.